The quantitative estimate of drug-likeness (QED) is 0.743. The zero-order valence-electron chi connectivity index (χ0n) is 15.7. The zero-order valence-corrected chi connectivity index (χ0v) is 15.7. The Labute approximate surface area is 166 Å². The number of carbonyl (C=O) groups excluding carboxylic acids is 2. The van der Waals surface area contributed by atoms with Gasteiger partial charge in [-0.15, -0.1) is 0 Å². The Balaban J connectivity index is 1.58. The molecule has 2 aromatic rings. The molecule has 146 valence electrons. The van der Waals surface area contributed by atoms with Crippen LogP contribution in [0.1, 0.15) is 34.0 Å². The normalized spacial score (nSPS) is 28.8. The van der Waals surface area contributed by atoms with Crippen molar-refractivity contribution in [2.75, 3.05) is 6.79 Å². The molecule has 7 nitrogen and oxygen atoms in total. The molecule has 1 N–H and O–H groups in total. The number of hydrogen-bond donors (Lipinski definition) is 1. The van der Waals surface area contributed by atoms with Gasteiger partial charge in [-0.25, -0.2) is 0 Å². The Morgan fingerprint density at radius 2 is 1.86 bits per heavy atom. The van der Waals surface area contributed by atoms with Crippen LogP contribution >= 0.6 is 0 Å². The summed E-state index contributed by atoms with van der Waals surface area (Å²) < 4.78 is 11.0. The largest absolute Gasteiger partial charge is 0.454 e. The second-order valence-corrected chi connectivity index (χ2v) is 7.86. The molecule has 4 aliphatic heterocycles. The van der Waals surface area contributed by atoms with Crippen LogP contribution in [-0.2, 0) is 16.9 Å². The van der Waals surface area contributed by atoms with Crippen LogP contribution in [0.5, 0.6) is 11.5 Å². The van der Waals surface area contributed by atoms with Gasteiger partial charge in [0.05, 0.1) is 6.04 Å². The van der Waals surface area contributed by atoms with Crippen molar-refractivity contribution in [3.63, 3.8) is 0 Å². The molecule has 0 bridgehead atoms. The van der Waals surface area contributed by atoms with E-state index in [0.29, 0.717) is 34.7 Å². The van der Waals surface area contributed by atoms with Crippen molar-refractivity contribution in [2.45, 2.75) is 31.2 Å². The van der Waals surface area contributed by atoms with Crippen molar-refractivity contribution < 1.29 is 24.2 Å². The number of amides is 2. The van der Waals surface area contributed by atoms with Crippen molar-refractivity contribution in [3.05, 3.63) is 65.2 Å². The highest BCUT2D eigenvalue weighted by atomic mass is 16.7. The third kappa shape index (κ3) is 1.81. The van der Waals surface area contributed by atoms with Crippen LogP contribution < -0.4 is 9.47 Å². The molecule has 6 rings (SSSR count). The van der Waals surface area contributed by atoms with E-state index in [1.165, 1.54) is 4.90 Å². The molecule has 7 heteroatoms. The van der Waals surface area contributed by atoms with Gasteiger partial charge < -0.3 is 19.5 Å². The van der Waals surface area contributed by atoms with E-state index in [-0.39, 0.29) is 18.6 Å². The minimum absolute atomic E-state index is 0.146. The third-order valence-electron chi connectivity index (χ3n) is 6.51. The van der Waals surface area contributed by atoms with Gasteiger partial charge in [-0.3, -0.25) is 14.5 Å². The Kier molecular flexibility index (Phi) is 2.97. The van der Waals surface area contributed by atoms with E-state index >= 15 is 0 Å². The Morgan fingerprint density at radius 1 is 1.14 bits per heavy atom. The second kappa shape index (κ2) is 5.18. The van der Waals surface area contributed by atoms with Gasteiger partial charge in [0.25, 0.3) is 5.91 Å². The number of carbonyl (C=O) groups is 2. The Hall–Kier alpha value is -3.32. The highest BCUT2D eigenvalue weighted by Crippen LogP contribution is 2.51. The summed E-state index contributed by atoms with van der Waals surface area (Å²) in [5, 5.41) is 12.0. The molecule has 29 heavy (non-hydrogen) atoms. The molecule has 1 fully saturated rings. The summed E-state index contributed by atoms with van der Waals surface area (Å²) in [6, 6.07) is 9.21. The van der Waals surface area contributed by atoms with E-state index in [0.717, 1.165) is 11.1 Å². The van der Waals surface area contributed by atoms with Gasteiger partial charge in [-0.2, -0.15) is 0 Å². The number of aliphatic hydroxyl groups is 1. The predicted molar refractivity (Wildman–Crippen MR) is 102 cm³/mol. The molecule has 0 unspecified atom stereocenters. The minimum Gasteiger partial charge on any atom is -0.454 e. The summed E-state index contributed by atoms with van der Waals surface area (Å²) in [4.78, 5) is 29.3. The molecule has 0 aromatic heterocycles. The van der Waals surface area contributed by atoms with E-state index in [1.54, 1.807) is 36.1 Å². The van der Waals surface area contributed by atoms with Gasteiger partial charge in [0, 0.05) is 22.4 Å². The molecule has 1 saturated heterocycles. The van der Waals surface area contributed by atoms with Gasteiger partial charge in [-0.1, -0.05) is 24.8 Å². The highest BCUT2D eigenvalue weighted by molar-refractivity contribution is 6.05. The summed E-state index contributed by atoms with van der Waals surface area (Å²) in [6.45, 7) is 5.96. The topological polar surface area (TPSA) is 79.3 Å². The van der Waals surface area contributed by atoms with Crippen LogP contribution in [0.2, 0.25) is 0 Å². The summed E-state index contributed by atoms with van der Waals surface area (Å²) in [5.74, 6) is 0.662. The molecular formula is C22H18N2O5. The van der Waals surface area contributed by atoms with Gasteiger partial charge in [-0.05, 0) is 37.1 Å². The fourth-order valence-corrected chi connectivity index (χ4v) is 5.18. The SMILES string of the molecule is C=C1c2cc3c(cc2C[C@@H]2N1C(=O)[C@@H](C)N1C(=O)c4ccccc4[C@@]21O)OCO3. The average molecular weight is 390 g/mol. The Morgan fingerprint density at radius 3 is 2.66 bits per heavy atom. The first-order valence-electron chi connectivity index (χ1n) is 9.53. The van der Waals surface area contributed by atoms with Crippen LogP contribution in [0.4, 0.5) is 0 Å². The van der Waals surface area contributed by atoms with Crippen LogP contribution in [-0.4, -0.2) is 45.6 Å². The molecule has 2 amide bonds. The maximum atomic E-state index is 13.3. The average Bonchev–Trinajstić information content (AvgIpc) is 3.26. The standard InChI is InChI=1S/C22H18N2O5/c1-11-15-9-18-17(28-10-29-18)7-13(15)8-19-22(27)16-6-4-3-5-14(16)21(26)24(22)12(2)20(25)23(11)19/h3-7,9,12,19,27H,1,8,10H2,2H3/t12-,19+,22-/m1/s1. The van der Waals surface area contributed by atoms with Gasteiger partial charge in [0.15, 0.2) is 17.2 Å². The first-order chi connectivity index (χ1) is 13.9. The van der Waals surface area contributed by atoms with E-state index < -0.39 is 17.8 Å². The van der Waals surface area contributed by atoms with Gasteiger partial charge in [0.1, 0.15) is 6.04 Å². The third-order valence-corrected chi connectivity index (χ3v) is 6.51. The maximum absolute atomic E-state index is 13.3. The van der Waals surface area contributed by atoms with Crippen LogP contribution in [0.3, 0.4) is 0 Å². The molecule has 0 radical (unpaired) electrons. The lowest BCUT2D eigenvalue weighted by atomic mass is 9.80. The maximum Gasteiger partial charge on any atom is 0.257 e. The number of piperazine rings is 1. The number of hydrogen-bond acceptors (Lipinski definition) is 5. The molecular weight excluding hydrogens is 372 g/mol. The molecule has 2 aromatic carbocycles. The number of benzene rings is 2. The van der Waals surface area contributed by atoms with Gasteiger partial charge in [0.2, 0.25) is 12.7 Å². The molecule has 0 saturated carbocycles. The monoisotopic (exact) mass is 390 g/mol. The molecule has 3 atom stereocenters. The van der Waals surface area contributed by atoms with E-state index in [2.05, 4.69) is 6.58 Å². The highest BCUT2D eigenvalue weighted by Gasteiger charge is 2.63. The molecule has 4 aliphatic rings. The molecule has 4 heterocycles. The lowest BCUT2D eigenvalue weighted by molar-refractivity contribution is -0.189. The van der Waals surface area contributed by atoms with Crippen molar-refractivity contribution >= 4 is 17.5 Å². The summed E-state index contributed by atoms with van der Waals surface area (Å²) in [7, 11) is 0. The van der Waals surface area contributed by atoms with E-state index in [4.69, 9.17) is 9.47 Å². The number of ether oxygens (including phenoxy) is 2. The van der Waals surface area contributed by atoms with Crippen molar-refractivity contribution in [1.82, 2.24) is 9.80 Å². The van der Waals surface area contributed by atoms with Crippen LogP contribution in [0.15, 0.2) is 43.0 Å². The van der Waals surface area contributed by atoms with Crippen molar-refractivity contribution in [2.24, 2.45) is 0 Å². The van der Waals surface area contributed by atoms with E-state index in [1.807, 2.05) is 12.1 Å². The minimum atomic E-state index is -1.63. The smallest absolute Gasteiger partial charge is 0.257 e. The van der Waals surface area contributed by atoms with Crippen LogP contribution in [0, 0.1) is 0 Å². The predicted octanol–water partition coefficient (Wildman–Crippen LogP) is 1.84. The van der Waals surface area contributed by atoms with Gasteiger partial charge >= 0.3 is 0 Å². The summed E-state index contributed by atoms with van der Waals surface area (Å²) in [6.07, 6.45) is 0.359. The summed E-state index contributed by atoms with van der Waals surface area (Å²) >= 11 is 0. The fourth-order valence-electron chi connectivity index (χ4n) is 5.18. The molecule has 0 aliphatic carbocycles. The first kappa shape index (κ1) is 16.6. The fraction of sp³-hybridized carbons (Fsp3) is 0.273. The lowest BCUT2D eigenvalue weighted by Gasteiger charge is -2.54. The zero-order chi connectivity index (χ0) is 20.1. The lowest BCUT2D eigenvalue weighted by Crippen LogP contribution is -2.70. The Bertz CT molecular complexity index is 1140. The number of nitrogens with zero attached hydrogens (tertiary/aromatic N) is 2. The van der Waals surface area contributed by atoms with Crippen molar-refractivity contribution in [1.29, 1.82) is 0 Å². The molecule has 0 spiro atoms. The second-order valence-electron chi connectivity index (χ2n) is 7.86. The number of rotatable bonds is 0. The number of fused-ring (bicyclic) bond motifs is 7. The van der Waals surface area contributed by atoms with Crippen molar-refractivity contribution in [3.8, 4) is 11.5 Å². The first-order valence-corrected chi connectivity index (χ1v) is 9.53. The van der Waals surface area contributed by atoms with E-state index in [9.17, 15) is 14.7 Å². The summed E-state index contributed by atoms with van der Waals surface area (Å²) in [5.41, 5.74) is 1.51. The van der Waals surface area contributed by atoms with Crippen LogP contribution in [0.25, 0.3) is 5.70 Å².